The van der Waals surface area contributed by atoms with Crippen molar-refractivity contribution >= 4 is 5.78 Å². The number of ether oxygens (including phenoxy) is 2. The van der Waals surface area contributed by atoms with Crippen LogP contribution in [-0.2, 0) is 14.3 Å². The Kier molecular flexibility index (Phi) is 3.52. The van der Waals surface area contributed by atoms with Crippen molar-refractivity contribution < 1.29 is 14.3 Å². The van der Waals surface area contributed by atoms with Crippen LogP contribution in [0, 0.1) is 10.8 Å². The Hall–Kier alpha value is -1.25. The van der Waals surface area contributed by atoms with Gasteiger partial charge >= 0.3 is 0 Å². The maximum Gasteiger partial charge on any atom is 0.208 e. The molecular formula is C17H26O3. The average Bonchev–Trinajstić information content (AvgIpc) is 2.65. The van der Waals surface area contributed by atoms with Crippen LogP contribution in [0.1, 0.15) is 54.4 Å². The molecule has 0 aliphatic heterocycles. The smallest absolute Gasteiger partial charge is 0.208 e. The fourth-order valence-corrected chi connectivity index (χ4v) is 3.37. The molecule has 0 aromatic carbocycles. The van der Waals surface area contributed by atoms with E-state index in [-0.39, 0.29) is 18.0 Å². The molecule has 0 heterocycles. The van der Waals surface area contributed by atoms with Crippen molar-refractivity contribution in [2.45, 2.75) is 66.6 Å². The molecule has 20 heavy (non-hydrogen) atoms. The van der Waals surface area contributed by atoms with E-state index in [1.165, 1.54) is 0 Å². The van der Waals surface area contributed by atoms with E-state index in [1.54, 1.807) is 0 Å². The fraction of sp³-hybridized carbons (Fsp3) is 0.706. The van der Waals surface area contributed by atoms with E-state index in [4.69, 9.17) is 9.47 Å². The van der Waals surface area contributed by atoms with Crippen LogP contribution in [0.25, 0.3) is 0 Å². The Morgan fingerprint density at radius 2 is 1.65 bits per heavy atom. The van der Waals surface area contributed by atoms with Crippen LogP contribution < -0.4 is 0 Å². The molecule has 2 aliphatic rings. The number of ketones is 1. The zero-order valence-electron chi connectivity index (χ0n) is 13.5. The van der Waals surface area contributed by atoms with E-state index in [9.17, 15) is 4.79 Å². The summed E-state index contributed by atoms with van der Waals surface area (Å²) in [5.41, 5.74) is 0.170. The highest BCUT2D eigenvalue weighted by atomic mass is 16.5. The van der Waals surface area contributed by atoms with Crippen molar-refractivity contribution in [1.29, 1.82) is 0 Å². The summed E-state index contributed by atoms with van der Waals surface area (Å²) in [4.78, 5) is 12.9. The Morgan fingerprint density at radius 3 is 2.15 bits per heavy atom. The number of hydrogen-bond donors (Lipinski definition) is 0. The number of hydrogen-bond acceptors (Lipinski definition) is 3. The molecule has 0 spiro atoms. The van der Waals surface area contributed by atoms with Gasteiger partial charge in [0.05, 0.1) is 23.0 Å². The van der Waals surface area contributed by atoms with Gasteiger partial charge in [0, 0.05) is 0 Å². The summed E-state index contributed by atoms with van der Waals surface area (Å²) >= 11 is 0. The molecular weight excluding hydrogens is 252 g/mol. The predicted octanol–water partition coefficient (Wildman–Crippen LogP) is 3.99. The molecule has 0 amide bonds. The Morgan fingerprint density at radius 1 is 1.10 bits per heavy atom. The third kappa shape index (κ3) is 1.82. The summed E-state index contributed by atoms with van der Waals surface area (Å²) in [6.45, 7) is 16.1. The van der Waals surface area contributed by atoms with Gasteiger partial charge in [-0.1, -0.05) is 19.1 Å². The first-order valence-corrected chi connectivity index (χ1v) is 7.45. The molecule has 3 nitrogen and oxygen atoms in total. The van der Waals surface area contributed by atoms with Crippen molar-refractivity contribution in [2.24, 2.45) is 10.8 Å². The van der Waals surface area contributed by atoms with Crippen molar-refractivity contribution in [2.75, 3.05) is 0 Å². The average molecular weight is 278 g/mol. The minimum absolute atomic E-state index is 0.0103. The number of fused-ring (bicyclic) bond motifs is 1. The lowest BCUT2D eigenvalue weighted by Gasteiger charge is -2.35. The van der Waals surface area contributed by atoms with Gasteiger partial charge in [-0.3, -0.25) is 4.79 Å². The van der Waals surface area contributed by atoms with Gasteiger partial charge in [-0.25, -0.2) is 0 Å². The van der Waals surface area contributed by atoms with Crippen LogP contribution in [0.4, 0.5) is 0 Å². The second kappa shape index (κ2) is 4.64. The van der Waals surface area contributed by atoms with Crippen molar-refractivity contribution in [3.05, 3.63) is 23.7 Å². The first kappa shape index (κ1) is 15.1. The first-order chi connectivity index (χ1) is 9.14. The van der Waals surface area contributed by atoms with E-state index >= 15 is 0 Å². The first-order valence-electron chi connectivity index (χ1n) is 7.45. The van der Waals surface area contributed by atoms with Gasteiger partial charge in [-0.2, -0.15) is 0 Å². The topological polar surface area (TPSA) is 35.5 Å². The SMILES string of the molecule is C=C1CC[C@@]2(C)C(=O)C(OC(C)C)=C(OC(C)C)[C@@]12C. The van der Waals surface area contributed by atoms with Crippen LogP contribution in [0.15, 0.2) is 23.7 Å². The fourth-order valence-electron chi connectivity index (χ4n) is 3.37. The molecule has 1 fully saturated rings. The molecule has 0 aromatic rings. The second-order valence-electron chi connectivity index (χ2n) is 6.88. The van der Waals surface area contributed by atoms with Gasteiger partial charge in [0.25, 0.3) is 0 Å². The number of Topliss-reactive ketones (excluding diaryl/α,β-unsaturated/α-hetero) is 1. The molecule has 2 rings (SSSR count). The zero-order valence-corrected chi connectivity index (χ0v) is 13.5. The van der Waals surface area contributed by atoms with E-state index in [0.717, 1.165) is 18.4 Å². The van der Waals surface area contributed by atoms with E-state index in [1.807, 2.05) is 34.6 Å². The molecule has 0 aromatic heterocycles. The van der Waals surface area contributed by atoms with Gasteiger partial charge < -0.3 is 9.47 Å². The number of rotatable bonds is 4. The highest BCUT2D eigenvalue weighted by Gasteiger charge is 2.65. The molecule has 1 saturated carbocycles. The van der Waals surface area contributed by atoms with Crippen molar-refractivity contribution in [1.82, 2.24) is 0 Å². The summed E-state index contributed by atoms with van der Waals surface area (Å²) in [6, 6.07) is 0. The third-order valence-electron chi connectivity index (χ3n) is 4.81. The van der Waals surface area contributed by atoms with Crippen LogP contribution in [-0.4, -0.2) is 18.0 Å². The minimum atomic E-state index is -0.474. The Balaban J connectivity index is 2.58. The summed E-state index contributed by atoms with van der Waals surface area (Å²) < 4.78 is 11.8. The quantitative estimate of drug-likeness (QED) is 0.729. The molecule has 3 heteroatoms. The van der Waals surface area contributed by atoms with E-state index in [0.29, 0.717) is 11.5 Å². The maximum atomic E-state index is 12.9. The molecule has 2 aliphatic carbocycles. The number of allylic oxidation sites excluding steroid dienone is 2. The van der Waals surface area contributed by atoms with E-state index < -0.39 is 10.8 Å². The second-order valence-corrected chi connectivity index (χ2v) is 6.88. The Labute approximate surface area is 122 Å². The molecule has 0 radical (unpaired) electrons. The van der Waals surface area contributed by atoms with Crippen LogP contribution in [0.2, 0.25) is 0 Å². The van der Waals surface area contributed by atoms with Gasteiger partial charge in [0.1, 0.15) is 0 Å². The maximum absolute atomic E-state index is 12.9. The number of carbonyl (C=O) groups is 1. The lowest BCUT2D eigenvalue weighted by atomic mass is 9.68. The lowest BCUT2D eigenvalue weighted by molar-refractivity contribution is -0.128. The molecule has 112 valence electrons. The predicted molar refractivity (Wildman–Crippen MR) is 79.1 cm³/mol. The van der Waals surface area contributed by atoms with Gasteiger partial charge in [0.15, 0.2) is 5.76 Å². The molecule has 0 bridgehead atoms. The molecule has 0 N–H and O–H groups in total. The zero-order chi connectivity index (χ0) is 15.3. The highest BCUT2D eigenvalue weighted by molar-refractivity contribution is 6.03. The van der Waals surface area contributed by atoms with Gasteiger partial charge in [-0.15, -0.1) is 0 Å². The van der Waals surface area contributed by atoms with Gasteiger partial charge in [0.2, 0.25) is 11.5 Å². The van der Waals surface area contributed by atoms with Crippen LogP contribution in [0.3, 0.4) is 0 Å². The lowest BCUT2D eigenvalue weighted by Crippen LogP contribution is -2.36. The third-order valence-corrected chi connectivity index (χ3v) is 4.81. The minimum Gasteiger partial charge on any atom is -0.490 e. The Bertz CT molecular complexity index is 486. The summed E-state index contributed by atoms with van der Waals surface area (Å²) in [7, 11) is 0. The summed E-state index contributed by atoms with van der Waals surface area (Å²) in [5.74, 6) is 1.18. The monoisotopic (exact) mass is 278 g/mol. The largest absolute Gasteiger partial charge is 0.490 e. The molecule has 0 unspecified atom stereocenters. The standard InChI is InChI=1S/C17H26O3/c1-10(2)19-13-14(18)16(6)9-8-12(5)17(16,7)15(13)20-11(3)4/h10-11H,5,8-9H2,1-4,6-7H3/t16-,17+/m0/s1. The molecule has 2 atom stereocenters. The van der Waals surface area contributed by atoms with Crippen molar-refractivity contribution in [3.8, 4) is 0 Å². The summed E-state index contributed by atoms with van der Waals surface area (Å²) in [5, 5.41) is 0. The normalized spacial score (nSPS) is 33.4. The highest BCUT2D eigenvalue weighted by Crippen LogP contribution is 2.65. The van der Waals surface area contributed by atoms with E-state index in [2.05, 4.69) is 13.5 Å². The van der Waals surface area contributed by atoms with Crippen molar-refractivity contribution in [3.63, 3.8) is 0 Å². The van der Waals surface area contributed by atoms with Crippen LogP contribution in [0.5, 0.6) is 0 Å². The molecule has 0 saturated heterocycles. The summed E-state index contributed by atoms with van der Waals surface area (Å²) in [6.07, 6.45) is 1.66. The number of carbonyl (C=O) groups excluding carboxylic acids is 1. The van der Waals surface area contributed by atoms with Gasteiger partial charge in [-0.05, 0) is 47.5 Å². The van der Waals surface area contributed by atoms with Crippen LogP contribution >= 0.6 is 0 Å².